The topological polar surface area (TPSA) is 63.3 Å². The second-order valence-corrected chi connectivity index (χ2v) is 0.816. The van der Waals surface area contributed by atoms with Gasteiger partial charge in [0.25, 0.3) is 0 Å². The first-order valence-electron chi connectivity index (χ1n) is 2.84. The monoisotopic (exact) mass is 93.1 g/mol. The molecule has 0 aliphatic rings. The smallest absolute Gasteiger partial charge is 0.320 e. The Morgan fingerprint density at radius 3 is 2.83 bits per heavy atom. The number of carboxylic acid groups (broad SMARTS) is 1. The fraction of sp³-hybridized carbons (Fsp3) is 0.667. The van der Waals surface area contributed by atoms with E-state index in [1.54, 1.807) is 0 Å². The van der Waals surface area contributed by atoms with Gasteiger partial charge in [0.15, 0.2) is 0 Å². The van der Waals surface area contributed by atoms with Crippen molar-refractivity contribution >= 4 is 5.97 Å². The van der Waals surface area contributed by atoms with Crippen LogP contribution in [0, 0.1) is 0 Å². The molecule has 36 valence electrons. The van der Waals surface area contributed by atoms with Crippen molar-refractivity contribution in [3.05, 3.63) is 0 Å². The van der Waals surface area contributed by atoms with Gasteiger partial charge >= 0.3 is 5.97 Å². The summed E-state index contributed by atoms with van der Waals surface area (Å²) in [7, 11) is 0. The lowest BCUT2D eigenvalue weighted by Crippen LogP contribution is -2.25. The van der Waals surface area contributed by atoms with Gasteiger partial charge in [0.1, 0.15) is 6.04 Å². The van der Waals surface area contributed by atoms with Crippen LogP contribution in [0.1, 0.15) is 11.0 Å². The Bertz CT molecular complexity index is 121. The molecule has 1 atom stereocenters. The minimum Gasteiger partial charge on any atom is -0.480 e. The van der Waals surface area contributed by atoms with Crippen molar-refractivity contribution in [1.29, 1.82) is 0 Å². The van der Waals surface area contributed by atoms with E-state index in [9.17, 15) is 4.79 Å². The van der Waals surface area contributed by atoms with Crippen molar-refractivity contribution in [2.24, 2.45) is 5.73 Å². The normalized spacial score (nSPS) is 23.2. The van der Waals surface area contributed by atoms with Gasteiger partial charge in [0.2, 0.25) is 0 Å². The highest BCUT2D eigenvalue weighted by atomic mass is 16.4. The van der Waals surface area contributed by atoms with E-state index in [4.69, 9.17) is 15.0 Å². The molecule has 0 aromatic carbocycles. The molecule has 0 spiro atoms. The number of aliphatic carboxylic acids is 1. The standard InChI is InChI=1S/C3H7NO2/c1-2(4)3(5)6/h2H,4H2,1H3,(H,5,6)/t2-/m0/s1/i1+1D3. The van der Waals surface area contributed by atoms with E-state index in [1.165, 1.54) is 0 Å². The van der Waals surface area contributed by atoms with E-state index in [-0.39, 0.29) is 0 Å². The Kier molecular flexibility index (Phi) is 0.569. The summed E-state index contributed by atoms with van der Waals surface area (Å²) in [5.41, 5.74) is 4.73. The Balaban J connectivity index is 4.04. The van der Waals surface area contributed by atoms with Crippen LogP contribution in [0.4, 0.5) is 0 Å². The molecular weight excluding hydrogens is 83.0 g/mol. The largest absolute Gasteiger partial charge is 0.480 e. The van der Waals surface area contributed by atoms with Crippen LogP contribution < -0.4 is 5.73 Å². The zero-order chi connectivity index (χ0) is 7.65. The van der Waals surface area contributed by atoms with Gasteiger partial charge in [0, 0.05) is 4.11 Å². The Morgan fingerprint density at radius 2 is 2.83 bits per heavy atom. The average molecular weight is 93.1 g/mol. The first-order valence-corrected chi connectivity index (χ1v) is 1.34. The molecule has 0 bridgehead atoms. The average Bonchev–Trinajstić information content (AvgIpc) is 1.62. The Hall–Kier alpha value is -0.570. The molecular formula is C3H7NO2. The van der Waals surface area contributed by atoms with Gasteiger partial charge in [0.05, 0.1) is 0 Å². The van der Waals surface area contributed by atoms with Crippen molar-refractivity contribution in [3.8, 4) is 0 Å². The van der Waals surface area contributed by atoms with Crippen LogP contribution in [0.2, 0.25) is 0 Å². The summed E-state index contributed by atoms with van der Waals surface area (Å²) in [6.45, 7) is -2.59. The lowest BCUT2D eigenvalue weighted by molar-refractivity contribution is -0.138. The summed E-state index contributed by atoms with van der Waals surface area (Å²) in [6.07, 6.45) is 0. The van der Waals surface area contributed by atoms with Gasteiger partial charge in [-0.2, -0.15) is 0 Å². The molecule has 0 unspecified atom stereocenters. The lowest BCUT2D eigenvalue weighted by atomic mass is 10.5. The summed E-state index contributed by atoms with van der Waals surface area (Å²) in [6, 6.07) is -1.77. The molecule has 0 saturated heterocycles. The predicted octanol–water partition coefficient (Wildman–Crippen LogP) is -0.582. The van der Waals surface area contributed by atoms with Gasteiger partial charge in [-0.15, -0.1) is 0 Å². The third-order valence-electron chi connectivity index (χ3n) is 0.266. The van der Waals surface area contributed by atoms with Crippen LogP contribution in [0.25, 0.3) is 0 Å². The third-order valence-corrected chi connectivity index (χ3v) is 0.266. The van der Waals surface area contributed by atoms with E-state index in [2.05, 4.69) is 0 Å². The molecule has 0 aromatic rings. The van der Waals surface area contributed by atoms with Gasteiger partial charge < -0.3 is 10.8 Å². The van der Waals surface area contributed by atoms with E-state index in [0.29, 0.717) is 0 Å². The van der Waals surface area contributed by atoms with Crippen molar-refractivity contribution < 1.29 is 14.0 Å². The molecule has 0 amide bonds. The van der Waals surface area contributed by atoms with Crippen molar-refractivity contribution in [2.75, 3.05) is 0 Å². The van der Waals surface area contributed by atoms with Gasteiger partial charge in [-0.3, -0.25) is 4.79 Å². The van der Waals surface area contributed by atoms with E-state index < -0.39 is 18.9 Å². The van der Waals surface area contributed by atoms with E-state index in [1.807, 2.05) is 0 Å². The van der Waals surface area contributed by atoms with Crippen LogP contribution in [0.3, 0.4) is 0 Å². The van der Waals surface area contributed by atoms with Crippen LogP contribution >= 0.6 is 0 Å². The fourth-order valence-electron chi connectivity index (χ4n) is 0. The van der Waals surface area contributed by atoms with Crippen LogP contribution in [0.15, 0.2) is 0 Å². The van der Waals surface area contributed by atoms with Crippen molar-refractivity contribution in [1.82, 2.24) is 0 Å². The molecule has 3 nitrogen and oxygen atoms in total. The minimum atomic E-state index is -2.59. The number of hydrogen-bond donors (Lipinski definition) is 2. The van der Waals surface area contributed by atoms with Crippen LogP contribution in [-0.2, 0) is 4.79 Å². The number of carboxylic acids is 1. The first kappa shape index (κ1) is 1.93. The number of nitrogens with two attached hydrogens (primary N) is 1. The first-order chi connectivity index (χ1) is 3.85. The van der Waals surface area contributed by atoms with Crippen molar-refractivity contribution in [3.63, 3.8) is 0 Å². The van der Waals surface area contributed by atoms with Gasteiger partial charge in [-0.25, -0.2) is 0 Å². The Morgan fingerprint density at radius 1 is 2.33 bits per heavy atom. The zero-order valence-corrected chi connectivity index (χ0v) is 3.01. The summed E-state index contributed by atoms with van der Waals surface area (Å²) in [5.74, 6) is -1.50. The van der Waals surface area contributed by atoms with Gasteiger partial charge in [-0.05, 0) is 6.85 Å². The highest BCUT2D eigenvalue weighted by molar-refractivity contribution is 5.72. The van der Waals surface area contributed by atoms with Crippen molar-refractivity contribution in [2.45, 2.75) is 12.9 Å². The number of rotatable bonds is 1. The molecule has 0 radical (unpaired) electrons. The molecule has 0 aliphatic heterocycles. The second-order valence-electron chi connectivity index (χ2n) is 0.816. The number of hydrogen-bond acceptors (Lipinski definition) is 2. The van der Waals surface area contributed by atoms with E-state index in [0.717, 1.165) is 0 Å². The highest BCUT2D eigenvalue weighted by Gasteiger charge is 1.99. The summed E-state index contributed by atoms with van der Waals surface area (Å²) in [5, 5.41) is 8.03. The van der Waals surface area contributed by atoms with Crippen LogP contribution in [-0.4, -0.2) is 17.1 Å². The minimum absolute atomic E-state index is 1.50. The maximum Gasteiger partial charge on any atom is 0.320 e. The maximum atomic E-state index is 9.86. The fourth-order valence-corrected chi connectivity index (χ4v) is 0. The molecule has 0 heterocycles. The predicted molar refractivity (Wildman–Crippen MR) is 21.3 cm³/mol. The molecule has 0 aromatic heterocycles. The summed E-state index contributed by atoms with van der Waals surface area (Å²) in [4.78, 5) is 9.86. The van der Waals surface area contributed by atoms with E-state index >= 15 is 0 Å². The molecule has 6 heavy (non-hydrogen) atoms. The molecule has 0 rings (SSSR count). The SMILES string of the molecule is [2H][13C]([2H])([2H])[C@H](N)C(=O)O. The highest BCUT2D eigenvalue weighted by Crippen LogP contribution is 1.68. The number of carbonyl (C=O) groups is 1. The Labute approximate surface area is 40.0 Å². The molecule has 0 saturated carbocycles. The second kappa shape index (κ2) is 1.77. The molecule has 0 fully saturated rings. The van der Waals surface area contributed by atoms with Gasteiger partial charge in [-0.1, -0.05) is 0 Å². The van der Waals surface area contributed by atoms with Crippen LogP contribution in [0.5, 0.6) is 0 Å². The maximum absolute atomic E-state index is 9.86. The molecule has 0 aliphatic carbocycles. The quantitative estimate of drug-likeness (QED) is 0.426. The molecule has 3 N–H and O–H groups in total. The lowest BCUT2D eigenvalue weighted by Gasteiger charge is -1.90. The zero-order valence-electron chi connectivity index (χ0n) is 6.01. The third kappa shape index (κ3) is 1.72. The summed E-state index contributed by atoms with van der Waals surface area (Å²) >= 11 is 0. The summed E-state index contributed by atoms with van der Waals surface area (Å²) < 4.78 is 19.5. The molecule has 3 heteroatoms.